The van der Waals surface area contributed by atoms with Crippen molar-refractivity contribution in [3.63, 3.8) is 0 Å². The molecule has 0 radical (unpaired) electrons. The predicted octanol–water partition coefficient (Wildman–Crippen LogP) is 0.878. The van der Waals surface area contributed by atoms with Crippen molar-refractivity contribution in [3.8, 4) is 24.8 Å². The van der Waals surface area contributed by atoms with Crippen LogP contribution in [0.25, 0.3) is 0 Å². The van der Waals surface area contributed by atoms with Gasteiger partial charge >= 0.3 is 107 Å². The molecule has 4 nitrogen and oxygen atoms in total. The Bertz CT molecular complexity index is 229. The van der Waals surface area contributed by atoms with Gasteiger partial charge in [-0.2, -0.15) is 22.2 Å². The third-order valence-electron chi connectivity index (χ3n) is 1.06. The van der Waals surface area contributed by atoms with Gasteiger partial charge in [-0.15, -0.1) is 0 Å². The molecule has 0 amide bonds. The number of hydrogen-bond acceptors (Lipinski definition) is 4. The minimum atomic E-state index is 0. The summed E-state index contributed by atoms with van der Waals surface area (Å²) in [5, 5.41) is 29.9. The number of rotatable bonds is 4. The molecule has 0 rings (SSSR count). The quantitative estimate of drug-likeness (QED) is 0.315. The van der Waals surface area contributed by atoms with E-state index in [4.69, 9.17) is 21.0 Å². The summed E-state index contributed by atoms with van der Waals surface area (Å²) >= 11 is 3.22. The Morgan fingerprint density at radius 3 is 1.20 bits per heavy atom. The van der Waals surface area contributed by atoms with Gasteiger partial charge in [-0.05, 0) is 0 Å². The maximum atomic E-state index is 7.32. The predicted molar refractivity (Wildman–Crippen MR) is 107 cm³/mol. The Morgan fingerprint density at radius 2 is 1.16 bits per heavy atom. The fourth-order valence-corrected chi connectivity index (χ4v) is 1.50. The van der Waals surface area contributed by atoms with Gasteiger partial charge in [-0.25, -0.2) is 5.26 Å². The van der Waals surface area contributed by atoms with Gasteiger partial charge in [0.05, 0.1) is 18.2 Å². The molecule has 0 saturated heterocycles. The van der Waals surface area contributed by atoms with Crippen LogP contribution in [0.15, 0.2) is 0 Å². The molecule has 0 saturated carbocycles. The van der Waals surface area contributed by atoms with Crippen molar-refractivity contribution in [2.75, 3.05) is 0 Å². The van der Waals surface area contributed by atoms with E-state index in [0.29, 0.717) is 0 Å². The van der Waals surface area contributed by atoms with Crippen LogP contribution in [0.5, 0.6) is 0 Å². The van der Waals surface area contributed by atoms with Crippen LogP contribution >= 0.6 is 0 Å². The third kappa shape index (κ3) is 574. The molecule has 0 bridgehead atoms. The Labute approximate surface area is 205 Å². The summed E-state index contributed by atoms with van der Waals surface area (Å²) < 4.78 is 0. The summed E-state index contributed by atoms with van der Waals surface area (Å²) in [6.45, 7) is 15.8. The van der Waals surface area contributed by atoms with Crippen LogP contribution in [0, 0.1) is 60.2 Å². The number of nitrogens with zero attached hydrogens (tertiary/aromatic N) is 4. The molecule has 0 heterocycles. The fraction of sp³-hybridized carbons (Fsp3) is 0.625. The van der Waals surface area contributed by atoms with Crippen molar-refractivity contribution < 1.29 is 35.9 Å². The second-order valence-corrected chi connectivity index (χ2v) is 4.94. The molecule has 0 spiro atoms. The third-order valence-corrected chi connectivity index (χ3v) is 2.52. The molecule has 0 aromatic rings. The van der Waals surface area contributed by atoms with Crippen LogP contribution in [-0.2, 0) is 17.1 Å². The van der Waals surface area contributed by atoms with E-state index in [9.17, 15) is 0 Å². The van der Waals surface area contributed by atoms with Crippen LogP contribution < -0.4 is 18.9 Å². The van der Waals surface area contributed by atoms with Crippen molar-refractivity contribution in [1.82, 2.24) is 0 Å². The van der Waals surface area contributed by atoms with E-state index in [1.165, 1.54) is 45.4 Å². The summed E-state index contributed by atoms with van der Waals surface area (Å²) in [6, 6.07) is 5.25. The molecule has 142 valence electrons. The Balaban J connectivity index is -0.0000000135. The van der Waals surface area contributed by atoms with Gasteiger partial charge in [0, 0.05) is 27.3 Å². The SMILES string of the molecule is C#N.CC#N.CC#N.CC#N.[CH2-]CCC.[CH3-].[Cu+].[Li+].[Li][Se]CCCC.[SeH2]. The first-order valence-electron chi connectivity index (χ1n) is 6.54. The van der Waals surface area contributed by atoms with Crippen molar-refractivity contribution in [1.29, 1.82) is 21.0 Å². The van der Waals surface area contributed by atoms with Crippen LogP contribution in [0.4, 0.5) is 0 Å². The average Bonchev–Trinajstić information content (AvgIpc) is 2.50. The summed E-state index contributed by atoms with van der Waals surface area (Å²) in [4.78, 5) is 0. The topological polar surface area (TPSA) is 95.2 Å². The zero-order chi connectivity index (χ0) is 18.4. The van der Waals surface area contributed by atoms with Gasteiger partial charge in [0.25, 0.3) is 0 Å². The van der Waals surface area contributed by atoms with Gasteiger partial charge in [-0.1, -0.05) is 13.3 Å². The molecule has 9 heteroatoms. The first-order valence-corrected chi connectivity index (χ1v) is 9.46. The van der Waals surface area contributed by atoms with Crippen molar-refractivity contribution in [2.45, 2.75) is 65.6 Å². The van der Waals surface area contributed by atoms with Crippen molar-refractivity contribution in [3.05, 3.63) is 14.4 Å². The minimum absolute atomic E-state index is 0. The summed E-state index contributed by atoms with van der Waals surface area (Å²) in [7, 11) is 0. The Kier molecular flexibility index (Phi) is 375. The van der Waals surface area contributed by atoms with Gasteiger partial charge in [0.15, 0.2) is 0 Å². The van der Waals surface area contributed by atoms with E-state index >= 15 is 0 Å². The monoisotopic (exact) mass is 518 g/mol. The summed E-state index contributed by atoms with van der Waals surface area (Å²) in [5.74, 6) is 0. The molecule has 0 aromatic carbocycles. The van der Waals surface area contributed by atoms with Crippen LogP contribution in [0.1, 0.15) is 60.3 Å². The van der Waals surface area contributed by atoms with E-state index in [1.807, 2.05) is 0 Å². The van der Waals surface area contributed by atoms with Crippen molar-refractivity contribution in [2.24, 2.45) is 0 Å². The zero-order valence-electron chi connectivity index (χ0n) is 17.3. The molecule has 0 aliphatic rings. The van der Waals surface area contributed by atoms with Gasteiger partial charge in [-0.3, -0.25) is 0 Å². The number of unbranched alkanes of at least 4 members (excludes halogenated alkanes) is 2. The average molecular weight is 517 g/mol. The van der Waals surface area contributed by atoms with Crippen LogP contribution in [0.3, 0.4) is 0 Å². The summed E-state index contributed by atoms with van der Waals surface area (Å²) in [5.41, 5.74) is 0. The molecule has 0 N–H and O–H groups in total. The molecule has 0 aliphatic heterocycles. The van der Waals surface area contributed by atoms with Gasteiger partial charge in [0.1, 0.15) is 0 Å². The maximum absolute atomic E-state index is 7.32. The van der Waals surface area contributed by atoms with E-state index < -0.39 is 0 Å². The molecular weight excluding hydrogens is 484 g/mol. The molecule has 0 fully saturated rings. The number of nitriles is 4. The first-order chi connectivity index (χ1) is 10.1. The van der Waals surface area contributed by atoms with Crippen LogP contribution in [-0.4, -0.2) is 45.6 Å². The normalized spacial score (nSPS) is 4.44. The molecule has 25 heavy (non-hydrogen) atoms. The molecule has 0 aliphatic carbocycles. The Hall–Kier alpha value is 0.713. The molecular formula is C16H33CuLi2N4Se2. The number of hydrogen-bond donors (Lipinski definition) is 0. The van der Waals surface area contributed by atoms with E-state index in [1.54, 1.807) is 18.2 Å². The van der Waals surface area contributed by atoms with Gasteiger partial charge < -0.3 is 14.4 Å². The molecule has 0 atom stereocenters. The second-order valence-electron chi connectivity index (χ2n) is 2.87. The zero-order valence-corrected chi connectivity index (χ0v) is 22.1. The Morgan fingerprint density at radius 1 is 0.960 bits per heavy atom. The standard InChI is InChI=1S/C4H10Se.C4H9.3C2H3N.CHN.CH3.Cu.2Li.H2Se/c1-2-3-4-5;1-3-4-2;3*1-2-3;1-2;;;;;/h5H,2-4H2,1H3;1,3-4H2,2H3;3*1H3;1H;1H3;;;;1H2/q;-1;;;;;-1;3*+1;/p-1. The van der Waals surface area contributed by atoms with E-state index in [-0.39, 0.29) is 60.4 Å². The van der Waals surface area contributed by atoms with E-state index in [2.05, 4.69) is 43.1 Å². The van der Waals surface area contributed by atoms with Crippen LogP contribution in [0.2, 0.25) is 5.32 Å². The van der Waals surface area contributed by atoms with Gasteiger partial charge in [0.2, 0.25) is 0 Å². The second kappa shape index (κ2) is 147. The van der Waals surface area contributed by atoms with Crippen molar-refractivity contribution >= 4 is 45.6 Å². The molecule has 0 aromatic heterocycles. The molecule has 0 unspecified atom stereocenters. The first kappa shape index (κ1) is 63.6. The summed E-state index contributed by atoms with van der Waals surface area (Å²) in [6.07, 6.45) is 5.09. The van der Waals surface area contributed by atoms with E-state index in [0.717, 1.165) is 19.2 Å². The fourth-order valence-electron chi connectivity index (χ4n) is 0.289.